The normalized spacial score (nSPS) is 11.7. The van der Waals surface area contributed by atoms with Crippen molar-refractivity contribution in [1.29, 1.82) is 0 Å². The molecule has 2 aromatic rings. The second-order valence-electron chi connectivity index (χ2n) is 7.68. The van der Waals surface area contributed by atoms with E-state index in [0.29, 0.717) is 24.4 Å². The lowest BCUT2D eigenvalue weighted by molar-refractivity contribution is -0.120. The number of anilines is 1. The molecule has 0 bridgehead atoms. The van der Waals surface area contributed by atoms with Gasteiger partial charge in [0.15, 0.2) is 0 Å². The van der Waals surface area contributed by atoms with Gasteiger partial charge in [-0.05, 0) is 34.7 Å². The number of carbonyl (C=O) groups excluding carboxylic acids is 1. The van der Waals surface area contributed by atoms with Crippen LogP contribution in [0.2, 0.25) is 0 Å². The highest BCUT2D eigenvalue weighted by Crippen LogP contribution is 2.25. The molecule has 0 atom stereocenters. The molecule has 0 saturated heterocycles. The molecule has 2 N–H and O–H groups in total. The molecule has 0 unspecified atom stereocenters. The minimum atomic E-state index is -3.40. The van der Waals surface area contributed by atoms with Crippen molar-refractivity contribution in [3.63, 3.8) is 0 Å². The van der Waals surface area contributed by atoms with Crippen LogP contribution in [-0.4, -0.2) is 33.7 Å². The fourth-order valence-electron chi connectivity index (χ4n) is 2.62. The molecule has 0 saturated carbocycles. The van der Waals surface area contributed by atoms with Crippen LogP contribution in [0.3, 0.4) is 0 Å². The number of hydrogen-bond donors (Lipinski definition) is 2. The van der Waals surface area contributed by atoms with Gasteiger partial charge in [0.1, 0.15) is 12.4 Å². The van der Waals surface area contributed by atoms with Gasteiger partial charge in [-0.15, -0.1) is 0 Å². The van der Waals surface area contributed by atoms with Crippen LogP contribution in [0.1, 0.15) is 31.9 Å². The molecular weight excluding hydrogens is 376 g/mol. The number of amides is 1. The summed E-state index contributed by atoms with van der Waals surface area (Å²) in [6.07, 6.45) is 1.16. The van der Waals surface area contributed by atoms with Crippen LogP contribution >= 0.6 is 0 Å². The van der Waals surface area contributed by atoms with Crippen molar-refractivity contribution in [2.75, 3.05) is 24.1 Å². The van der Waals surface area contributed by atoms with Gasteiger partial charge in [-0.3, -0.25) is 9.52 Å². The van der Waals surface area contributed by atoms with Crippen LogP contribution in [0.5, 0.6) is 5.75 Å². The largest absolute Gasteiger partial charge is 0.492 e. The van der Waals surface area contributed by atoms with E-state index in [2.05, 4.69) is 36.9 Å². The summed E-state index contributed by atoms with van der Waals surface area (Å²) in [5.41, 5.74) is 2.25. The molecule has 0 radical (unpaired) electrons. The molecule has 0 spiro atoms. The summed E-state index contributed by atoms with van der Waals surface area (Å²) in [6, 6.07) is 14.8. The minimum absolute atomic E-state index is 0.0426. The second-order valence-corrected chi connectivity index (χ2v) is 9.43. The van der Waals surface area contributed by atoms with Crippen molar-refractivity contribution < 1.29 is 17.9 Å². The average molecular weight is 405 g/mol. The number of hydrogen-bond acceptors (Lipinski definition) is 4. The first-order valence-corrected chi connectivity index (χ1v) is 11.0. The molecule has 0 aliphatic rings. The van der Waals surface area contributed by atoms with E-state index in [9.17, 15) is 13.2 Å². The first kappa shape index (κ1) is 21.8. The number of rotatable bonds is 8. The van der Waals surface area contributed by atoms with E-state index in [1.807, 2.05) is 18.2 Å². The number of para-hydroxylation sites is 1. The fraction of sp³-hybridized carbons (Fsp3) is 0.381. The number of benzene rings is 2. The summed E-state index contributed by atoms with van der Waals surface area (Å²) in [4.78, 5) is 12.2. The summed E-state index contributed by atoms with van der Waals surface area (Å²) in [5.74, 6) is 0.569. The molecule has 0 heterocycles. The zero-order valence-electron chi connectivity index (χ0n) is 16.8. The zero-order valence-corrected chi connectivity index (χ0v) is 17.6. The topological polar surface area (TPSA) is 84.5 Å². The van der Waals surface area contributed by atoms with E-state index in [4.69, 9.17) is 4.74 Å². The fourth-order valence-corrected chi connectivity index (χ4v) is 3.22. The number of carbonyl (C=O) groups is 1. The molecule has 0 aliphatic carbocycles. The highest BCUT2D eigenvalue weighted by atomic mass is 32.2. The smallest absolute Gasteiger partial charge is 0.229 e. The summed E-state index contributed by atoms with van der Waals surface area (Å²) < 4.78 is 31.0. The quantitative estimate of drug-likeness (QED) is 0.662. The lowest BCUT2D eigenvalue weighted by Gasteiger charge is -2.19. The lowest BCUT2D eigenvalue weighted by Crippen LogP contribution is -2.29. The Balaban J connectivity index is 1.84. The Morgan fingerprint density at radius 1 is 1.07 bits per heavy atom. The van der Waals surface area contributed by atoms with Crippen molar-refractivity contribution in [1.82, 2.24) is 5.32 Å². The molecule has 0 fully saturated rings. The van der Waals surface area contributed by atoms with Crippen LogP contribution in [0.4, 0.5) is 5.69 Å². The van der Waals surface area contributed by atoms with Crippen LogP contribution in [0, 0.1) is 0 Å². The van der Waals surface area contributed by atoms with Crippen molar-refractivity contribution in [2.45, 2.75) is 32.6 Å². The molecular formula is C21H28N2O4S. The summed E-state index contributed by atoms with van der Waals surface area (Å²) in [5, 5.41) is 2.80. The first-order valence-electron chi connectivity index (χ1n) is 9.10. The maximum absolute atomic E-state index is 12.2. The van der Waals surface area contributed by atoms with E-state index in [-0.39, 0.29) is 17.7 Å². The maximum Gasteiger partial charge on any atom is 0.229 e. The molecule has 28 heavy (non-hydrogen) atoms. The third-order valence-electron chi connectivity index (χ3n) is 4.06. The van der Waals surface area contributed by atoms with Crippen molar-refractivity contribution >= 4 is 21.6 Å². The van der Waals surface area contributed by atoms with Gasteiger partial charge < -0.3 is 10.1 Å². The summed E-state index contributed by atoms with van der Waals surface area (Å²) in [6.45, 7) is 7.14. The van der Waals surface area contributed by atoms with Crippen molar-refractivity contribution in [3.05, 3.63) is 59.7 Å². The van der Waals surface area contributed by atoms with Crippen LogP contribution in [0.15, 0.2) is 48.5 Å². The Hall–Kier alpha value is -2.54. The molecule has 2 aromatic carbocycles. The van der Waals surface area contributed by atoms with E-state index < -0.39 is 10.0 Å². The standard InChI is InChI=1S/C21H28N2O4S/c1-21(2,3)17-9-7-10-18(15-17)27-13-12-22-20(24)14-16-8-5-6-11-19(16)23-28(4,25)26/h5-11,15,23H,12-14H2,1-4H3,(H,22,24). The van der Waals surface area contributed by atoms with E-state index in [0.717, 1.165) is 12.0 Å². The maximum atomic E-state index is 12.2. The Morgan fingerprint density at radius 2 is 1.79 bits per heavy atom. The summed E-state index contributed by atoms with van der Waals surface area (Å²) in [7, 11) is -3.40. The number of sulfonamides is 1. The van der Waals surface area contributed by atoms with Crippen LogP contribution in [0.25, 0.3) is 0 Å². The molecule has 0 aromatic heterocycles. The Kier molecular flexibility index (Phi) is 7.07. The molecule has 2 rings (SSSR count). The molecule has 7 heteroatoms. The zero-order chi connectivity index (χ0) is 20.8. The van der Waals surface area contributed by atoms with Gasteiger partial charge in [-0.1, -0.05) is 51.1 Å². The average Bonchev–Trinajstić information content (AvgIpc) is 2.59. The van der Waals surface area contributed by atoms with Gasteiger partial charge in [0.2, 0.25) is 15.9 Å². The second kappa shape index (κ2) is 9.10. The highest BCUT2D eigenvalue weighted by molar-refractivity contribution is 7.92. The van der Waals surface area contributed by atoms with Crippen molar-refractivity contribution in [3.8, 4) is 5.75 Å². The predicted molar refractivity (Wildman–Crippen MR) is 112 cm³/mol. The van der Waals surface area contributed by atoms with Gasteiger partial charge in [0.25, 0.3) is 0 Å². The van der Waals surface area contributed by atoms with Crippen LogP contribution < -0.4 is 14.8 Å². The number of ether oxygens (including phenoxy) is 1. The third kappa shape index (κ3) is 7.23. The minimum Gasteiger partial charge on any atom is -0.492 e. The van der Waals surface area contributed by atoms with Gasteiger partial charge in [-0.2, -0.15) is 0 Å². The monoisotopic (exact) mass is 404 g/mol. The van der Waals surface area contributed by atoms with Crippen molar-refractivity contribution in [2.24, 2.45) is 0 Å². The van der Waals surface area contributed by atoms with Gasteiger partial charge >= 0.3 is 0 Å². The molecule has 6 nitrogen and oxygen atoms in total. The SMILES string of the molecule is CC(C)(C)c1cccc(OCCNC(=O)Cc2ccccc2NS(C)(=O)=O)c1. The first-order chi connectivity index (χ1) is 13.0. The van der Waals surface area contributed by atoms with Gasteiger partial charge in [-0.25, -0.2) is 8.42 Å². The Morgan fingerprint density at radius 3 is 2.46 bits per heavy atom. The molecule has 152 valence electrons. The third-order valence-corrected chi connectivity index (χ3v) is 4.65. The lowest BCUT2D eigenvalue weighted by atomic mass is 9.87. The predicted octanol–water partition coefficient (Wildman–Crippen LogP) is 3.09. The van der Waals surface area contributed by atoms with Crippen LogP contribution in [-0.2, 0) is 26.7 Å². The van der Waals surface area contributed by atoms with E-state index in [1.165, 1.54) is 5.56 Å². The summed E-state index contributed by atoms with van der Waals surface area (Å²) >= 11 is 0. The van der Waals surface area contributed by atoms with E-state index in [1.54, 1.807) is 24.3 Å². The highest BCUT2D eigenvalue weighted by Gasteiger charge is 2.14. The van der Waals surface area contributed by atoms with E-state index >= 15 is 0 Å². The molecule has 0 aliphatic heterocycles. The molecule has 1 amide bonds. The Bertz CT molecular complexity index is 918. The van der Waals surface area contributed by atoms with Gasteiger partial charge in [0, 0.05) is 0 Å². The number of nitrogens with one attached hydrogen (secondary N) is 2. The Labute approximate surface area is 167 Å². The van der Waals surface area contributed by atoms with Gasteiger partial charge in [0.05, 0.1) is 24.9 Å².